The maximum atomic E-state index is 13.5. The number of rotatable bonds is 11. The van der Waals surface area contributed by atoms with Crippen molar-refractivity contribution >= 4 is 23.4 Å². The molecule has 7 nitrogen and oxygen atoms in total. The van der Waals surface area contributed by atoms with Crippen molar-refractivity contribution in [2.75, 3.05) is 34.3 Å². The molecule has 0 aliphatic carbocycles. The zero-order valence-electron chi connectivity index (χ0n) is 24.6. The molecule has 1 aromatic heterocycles. The molecule has 0 aliphatic heterocycles. The minimum Gasteiger partial charge on any atom is -0.492 e. The van der Waals surface area contributed by atoms with Crippen LogP contribution in [0.2, 0.25) is 5.02 Å². The van der Waals surface area contributed by atoms with Gasteiger partial charge in [0.2, 0.25) is 5.91 Å². The quantitative estimate of drug-likeness (QED) is 0.280. The first-order valence-corrected chi connectivity index (χ1v) is 13.9. The number of carbonyl (C=O) groups is 2. The van der Waals surface area contributed by atoms with E-state index < -0.39 is 0 Å². The third-order valence-electron chi connectivity index (χ3n) is 6.79. The van der Waals surface area contributed by atoms with Crippen LogP contribution in [0.1, 0.15) is 49.7 Å². The standard InChI is InChI=1S/C32H41ClN4O3/c1-21-11-8-9-12-23(21)24-14-16-26(31(39)36-28(32(2,3)4)20-29(38)34-5)35-30(24)22-13-15-25(33)27(19-22)40-18-10-17-37(6)7/h8-9,11-16,19,28H,10,17-18,20H2,1-7H3,(H,34,38)(H,36,39)/t28-/m0/s1. The Labute approximate surface area is 243 Å². The second kappa shape index (κ2) is 13.8. The summed E-state index contributed by atoms with van der Waals surface area (Å²) in [5, 5.41) is 6.20. The van der Waals surface area contributed by atoms with Gasteiger partial charge in [-0.25, -0.2) is 4.98 Å². The van der Waals surface area contributed by atoms with Crippen LogP contribution < -0.4 is 15.4 Å². The molecule has 0 fully saturated rings. The van der Waals surface area contributed by atoms with Gasteiger partial charge in [-0.3, -0.25) is 9.59 Å². The van der Waals surface area contributed by atoms with Gasteiger partial charge in [0.1, 0.15) is 11.4 Å². The normalized spacial score (nSPS) is 12.2. The Hall–Kier alpha value is -3.42. The van der Waals surface area contributed by atoms with Crippen molar-refractivity contribution in [2.24, 2.45) is 5.41 Å². The zero-order valence-corrected chi connectivity index (χ0v) is 25.4. The summed E-state index contributed by atoms with van der Waals surface area (Å²) in [7, 11) is 5.64. The summed E-state index contributed by atoms with van der Waals surface area (Å²) < 4.78 is 6.03. The molecule has 0 spiro atoms. The summed E-state index contributed by atoms with van der Waals surface area (Å²) in [6.07, 6.45) is 1.03. The van der Waals surface area contributed by atoms with Crippen molar-refractivity contribution in [3.63, 3.8) is 0 Å². The van der Waals surface area contributed by atoms with Crippen LogP contribution in [0.3, 0.4) is 0 Å². The van der Waals surface area contributed by atoms with E-state index in [1.54, 1.807) is 19.2 Å². The molecule has 3 aromatic rings. The van der Waals surface area contributed by atoms with Crippen LogP contribution in [-0.2, 0) is 4.79 Å². The molecule has 0 radical (unpaired) electrons. The molecule has 40 heavy (non-hydrogen) atoms. The fourth-order valence-corrected chi connectivity index (χ4v) is 4.49. The molecule has 0 saturated heterocycles. The fraction of sp³-hybridized carbons (Fsp3) is 0.406. The van der Waals surface area contributed by atoms with Gasteiger partial charge in [-0.1, -0.05) is 62.7 Å². The smallest absolute Gasteiger partial charge is 0.270 e. The van der Waals surface area contributed by atoms with Crippen LogP contribution in [0.15, 0.2) is 54.6 Å². The minimum absolute atomic E-state index is 0.136. The summed E-state index contributed by atoms with van der Waals surface area (Å²) in [5.41, 5.74) is 4.38. The summed E-state index contributed by atoms with van der Waals surface area (Å²) in [6, 6.07) is 16.9. The van der Waals surface area contributed by atoms with Gasteiger partial charge in [-0.15, -0.1) is 0 Å². The van der Waals surface area contributed by atoms with Crippen LogP contribution in [0, 0.1) is 12.3 Å². The molecule has 1 heterocycles. The molecule has 1 atom stereocenters. The predicted octanol–water partition coefficient (Wildman–Crippen LogP) is 5.99. The summed E-state index contributed by atoms with van der Waals surface area (Å²) in [6.45, 7) is 9.47. The van der Waals surface area contributed by atoms with E-state index in [-0.39, 0.29) is 35.4 Å². The fourth-order valence-electron chi connectivity index (χ4n) is 4.32. The van der Waals surface area contributed by atoms with Gasteiger partial charge >= 0.3 is 0 Å². The Morgan fingerprint density at radius 1 is 1.05 bits per heavy atom. The van der Waals surface area contributed by atoms with Crippen molar-refractivity contribution < 1.29 is 14.3 Å². The van der Waals surface area contributed by atoms with Crippen LogP contribution in [-0.4, -0.2) is 62.0 Å². The van der Waals surface area contributed by atoms with Gasteiger partial charge in [0.15, 0.2) is 0 Å². The van der Waals surface area contributed by atoms with Crippen LogP contribution in [0.5, 0.6) is 5.75 Å². The number of benzene rings is 2. The van der Waals surface area contributed by atoms with Gasteiger partial charge in [-0.05, 0) is 68.2 Å². The average Bonchev–Trinajstić information content (AvgIpc) is 2.91. The van der Waals surface area contributed by atoms with E-state index in [1.807, 2.05) is 84.3 Å². The number of pyridine rings is 1. The number of aromatic nitrogens is 1. The maximum absolute atomic E-state index is 13.5. The maximum Gasteiger partial charge on any atom is 0.270 e. The van der Waals surface area contributed by atoms with Crippen molar-refractivity contribution in [2.45, 2.75) is 46.6 Å². The zero-order chi connectivity index (χ0) is 29.4. The van der Waals surface area contributed by atoms with Crippen molar-refractivity contribution in [3.8, 4) is 28.1 Å². The molecule has 0 bridgehead atoms. The van der Waals surface area contributed by atoms with Gasteiger partial charge < -0.3 is 20.3 Å². The highest BCUT2D eigenvalue weighted by Crippen LogP contribution is 2.36. The molecular weight excluding hydrogens is 524 g/mol. The lowest BCUT2D eigenvalue weighted by atomic mass is 9.84. The number of hydrogen-bond donors (Lipinski definition) is 2. The lowest BCUT2D eigenvalue weighted by Gasteiger charge is -2.31. The molecule has 8 heteroatoms. The van der Waals surface area contributed by atoms with Crippen LogP contribution in [0.25, 0.3) is 22.4 Å². The lowest BCUT2D eigenvalue weighted by Crippen LogP contribution is -2.46. The molecule has 2 N–H and O–H groups in total. The van der Waals surface area contributed by atoms with Gasteiger partial charge in [0.05, 0.1) is 17.3 Å². The third kappa shape index (κ3) is 8.29. The van der Waals surface area contributed by atoms with E-state index in [1.165, 1.54) is 0 Å². The van der Waals surface area contributed by atoms with Crippen LogP contribution in [0.4, 0.5) is 0 Å². The highest BCUT2D eigenvalue weighted by molar-refractivity contribution is 6.32. The third-order valence-corrected chi connectivity index (χ3v) is 7.11. The second-order valence-electron chi connectivity index (χ2n) is 11.3. The number of carbonyl (C=O) groups excluding carboxylic acids is 2. The Kier molecular flexibility index (Phi) is 10.7. The van der Waals surface area contributed by atoms with Crippen molar-refractivity contribution in [1.82, 2.24) is 20.5 Å². The summed E-state index contributed by atoms with van der Waals surface area (Å²) in [4.78, 5) is 32.6. The molecule has 0 saturated carbocycles. The van der Waals surface area contributed by atoms with E-state index >= 15 is 0 Å². The number of nitrogens with zero attached hydrogens (tertiary/aromatic N) is 2. The number of nitrogens with one attached hydrogen (secondary N) is 2. The monoisotopic (exact) mass is 564 g/mol. The van der Waals surface area contributed by atoms with E-state index in [0.717, 1.165) is 35.2 Å². The largest absolute Gasteiger partial charge is 0.492 e. The number of aryl methyl sites for hydroxylation is 1. The Bertz CT molecular complexity index is 1330. The summed E-state index contributed by atoms with van der Waals surface area (Å²) >= 11 is 6.49. The highest BCUT2D eigenvalue weighted by Gasteiger charge is 2.29. The first kappa shape index (κ1) is 31.1. The van der Waals surface area contributed by atoms with Crippen molar-refractivity contribution in [1.29, 1.82) is 0 Å². The van der Waals surface area contributed by atoms with Gasteiger partial charge in [0.25, 0.3) is 5.91 Å². The van der Waals surface area contributed by atoms with Gasteiger partial charge in [0, 0.05) is 37.2 Å². The lowest BCUT2D eigenvalue weighted by molar-refractivity contribution is -0.121. The van der Waals surface area contributed by atoms with Gasteiger partial charge in [-0.2, -0.15) is 0 Å². The SMILES string of the molecule is CNC(=O)C[C@H](NC(=O)c1ccc(-c2ccccc2C)c(-c2ccc(Cl)c(OCCCN(C)C)c2)n1)C(C)(C)C. The molecular formula is C32H41ClN4O3. The number of halogens is 1. The molecule has 214 valence electrons. The van der Waals surface area contributed by atoms with E-state index in [4.69, 9.17) is 21.3 Å². The second-order valence-corrected chi connectivity index (χ2v) is 11.7. The van der Waals surface area contributed by atoms with Crippen molar-refractivity contribution in [3.05, 3.63) is 70.9 Å². The van der Waals surface area contributed by atoms with Crippen LogP contribution >= 0.6 is 11.6 Å². The molecule has 2 aromatic carbocycles. The Balaban J connectivity index is 2.03. The highest BCUT2D eigenvalue weighted by atomic mass is 35.5. The average molecular weight is 565 g/mol. The predicted molar refractivity (Wildman–Crippen MR) is 163 cm³/mol. The summed E-state index contributed by atoms with van der Waals surface area (Å²) in [5.74, 6) is 0.0993. The number of amides is 2. The number of ether oxygens (including phenoxy) is 1. The first-order valence-electron chi connectivity index (χ1n) is 13.6. The van der Waals surface area contributed by atoms with E-state index in [0.29, 0.717) is 23.1 Å². The Morgan fingerprint density at radius 2 is 1.77 bits per heavy atom. The molecule has 0 aliphatic rings. The minimum atomic E-state index is -0.376. The van der Waals surface area contributed by atoms with E-state index in [2.05, 4.69) is 15.5 Å². The van der Waals surface area contributed by atoms with E-state index in [9.17, 15) is 9.59 Å². The molecule has 3 rings (SSSR count). The molecule has 2 amide bonds. The molecule has 0 unspecified atom stereocenters. The topological polar surface area (TPSA) is 83.6 Å². The first-order chi connectivity index (χ1) is 18.9. The Morgan fingerprint density at radius 3 is 2.42 bits per heavy atom. The number of hydrogen-bond acceptors (Lipinski definition) is 5.